The maximum absolute atomic E-state index is 4.41. The van der Waals surface area contributed by atoms with Crippen molar-refractivity contribution in [1.29, 1.82) is 0 Å². The monoisotopic (exact) mass is 263 g/mol. The second kappa shape index (κ2) is 5.77. The fourth-order valence-corrected chi connectivity index (χ4v) is 2.18. The van der Waals surface area contributed by atoms with Crippen LogP contribution in [0.3, 0.4) is 0 Å². The zero-order valence-corrected chi connectivity index (χ0v) is 11.6. The van der Waals surface area contributed by atoms with E-state index in [0.717, 1.165) is 17.4 Å². The number of hydrogen-bond acceptors (Lipinski definition) is 6. The molecule has 2 aromatic rings. The molecule has 0 saturated heterocycles. The van der Waals surface area contributed by atoms with E-state index in [1.807, 2.05) is 36.6 Å². The molecule has 0 bridgehead atoms. The largest absolute Gasteiger partial charge is 0.369 e. The van der Waals surface area contributed by atoms with Gasteiger partial charge in [0.2, 0.25) is 5.95 Å². The Bertz CT molecular complexity index is 483. The van der Waals surface area contributed by atoms with Crippen LogP contribution in [0.2, 0.25) is 0 Å². The molecule has 2 heterocycles. The molecule has 2 rings (SSSR count). The SMILES string of the molecule is CC(CNc1ccnc(N(C)C)n1)c1nccs1. The van der Waals surface area contributed by atoms with Crippen LogP contribution in [0.1, 0.15) is 17.8 Å². The lowest BCUT2D eigenvalue weighted by atomic mass is 10.2. The van der Waals surface area contributed by atoms with Gasteiger partial charge in [0.15, 0.2) is 0 Å². The average Bonchev–Trinajstić information content (AvgIpc) is 2.90. The van der Waals surface area contributed by atoms with Crippen molar-refractivity contribution in [2.45, 2.75) is 12.8 Å². The number of nitrogens with zero attached hydrogens (tertiary/aromatic N) is 4. The molecule has 1 unspecified atom stereocenters. The van der Waals surface area contributed by atoms with Crippen LogP contribution in [0.4, 0.5) is 11.8 Å². The topological polar surface area (TPSA) is 53.9 Å². The number of thiazole rings is 1. The zero-order valence-electron chi connectivity index (χ0n) is 10.8. The van der Waals surface area contributed by atoms with Gasteiger partial charge in [-0.25, -0.2) is 9.97 Å². The molecule has 0 amide bonds. The fourth-order valence-electron chi connectivity index (χ4n) is 1.49. The third kappa shape index (κ3) is 3.16. The highest BCUT2D eigenvalue weighted by atomic mass is 32.1. The average molecular weight is 263 g/mol. The van der Waals surface area contributed by atoms with Gasteiger partial charge in [-0.2, -0.15) is 4.98 Å². The first-order valence-corrected chi connectivity index (χ1v) is 6.68. The lowest BCUT2D eigenvalue weighted by Crippen LogP contribution is -2.15. The van der Waals surface area contributed by atoms with E-state index in [0.29, 0.717) is 11.9 Å². The van der Waals surface area contributed by atoms with Crippen LogP contribution in [0.25, 0.3) is 0 Å². The van der Waals surface area contributed by atoms with Gasteiger partial charge in [0.25, 0.3) is 0 Å². The van der Waals surface area contributed by atoms with Gasteiger partial charge in [-0.3, -0.25) is 0 Å². The summed E-state index contributed by atoms with van der Waals surface area (Å²) in [4.78, 5) is 14.8. The molecule has 0 saturated carbocycles. The quantitative estimate of drug-likeness (QED) is 0.896. The van der Waals surface area contributed by atoms with Gasteiger partial charge >= 0.3 is 0 Å². The van der Waals surface area contributed by atoms with E-state index in [2.05, 4.69) is 27.2 Å². The molecule has 1 N–H and O–H groups in total. The number of hydrogen-bond donors (Lipinski definition) is 1. The summed E-state index contributed by atoms with van der Waals surface area (Å²) < 4.78 is 0. The van der Waals surface area contributed by atoms with Crippen LogP contribution >= 0.6 is 11.3 Å². The summed E-state index contributed by atoms with van der Waals surface area (Å²) >= 11 is 1.68. The minimum absolute atomic E-state index is 0.378. The first-order chi connectivity index (χ1) is 8.66. The van der Waals surface area contributed by atoms with Crippen LogP contribution in [0, 0.1) is 0 Å². The molecule has 2 aromatic heterocycles. The van der Waals surface area contributed by atoms with Crippen LogP contribution in [0.15, 0.2) is 23.8 Å². The number of aromatic nitrogens is 3. The minimum atomic E-state index is 0.378. The molecule has 0 aliphatic heterocycles. The van der Waals surface area contributed by atoms with Crippen molar-refractivity contribution in [2.24, 2.45) is 0 Å². The molecule has 0 aromatic carbocycles. The first kappa shape index (κ1) is 12.8. The predicted molar refractivity (Wildman–Crippen MR) is 75.4 cm³/mol. The van der Waals surface area contributed by atoms with Gasteiger partial charge in [-0.05, 0) is 6.07 Å². The molecule has 1 atom stereocenters. The molecular formula is C12H17N5S. The maximum Gasteiger partial charge on any atom is 0.226 e. The van der Waals surface area contributed by atoms with Gasteiger partial charge in [-0.15, -0.1) is 11.3 Å². The molecule has 0 aliphatic rings. The Hall–Kier alpha value is -1.69. The van der Waals surface area contributed by atoms with Gasteiger partial charge < -0.3 is 10.2 Å². The standard InChI is InChI=1S/C12H17N5S/c1-9(11-13-6-7-18-11)8-15-10-4-5-14-12(16-10)17(2)3/h4-7,9H,8H2,1-3H3,(H,14,15,16). The van der Waals surface area contributed by atoms with E-state index in [-0.39, 0.29) is 0 Å². The maximum atomic E-state index is 4.41. The number of rotatable bonds is 5. The fraction of sp³-hybridized carbons (Fsp3) is 0.417. The highest BCUT2D eigenvalue weighted by Crippen LogP contribution is 2.18. The molecule has 18 heavy (non-hydrogen) atoms. The van der Waals surface area contributed by atoms with Crippen molar-refractivity contribution < 1.29 is 0 Å². The molecule has 0 spiro atoms. The van der Waals surface area contributed by atoms with Crippen molar-refractivity contribution in [3.8, 4) is 0 Å². The molecule has 0 fully saturated rings. The summed E-state index contributed by atoms with van der Waals surface area (Å²) in [6.07, 6.45) is 3.60. The van der Waals surface area contributed by atoms with Crippen molar-refractivity contribution in [1.82, 2.24) is 15.0 Å². The van der Waals surface area contributed by atoms with E-state index < -0.39 is 0 Å². The first-order valence-electron chi connectivity index (χ1n) is 5.80. The lowest BCUT2D eigenvalue weighted by molar-refractivity contribution is 0.791. The summed E-state index contributed by atoms with van der Waals surface area (Å²) in [6, 6.07) is 1.88. The van der Waals surface area contributed by atoms with Gasteiger partial charge in [-0.1, -0.05) is 6.92 Å². The van der Waals surface area contributed by atoms with E-state index >= 15 is 0 Å². The molecular weight excluding hydrogens is 246 g/mol. The lowest BCUT2D eigenvalue weighted by Gasteiger charge is -2.13. The van der Waals surface area contributed by atoms with Crippen molar-refractivity contribution >= 4 is 23.1 Å². The molecule has 0 aliphatic carbocycles. The Labute approximate surface area is 111 Å². The summed E-state index contributed by atoms with van der Waals surface area (Å²) in [6.45, 7) is 2.97. The normalized spacial score (nSPS) is 12.2. The summed E-state index contributed by atoms with van der Waals surface area (Å²) in [5, 5.41) is 6.46. The molecule has 96 valence electrons. The highest BCUT2D eigenvalue weighted by Gasteiger charge is 2.08. The number of nitrogens with one attached hydrogen (secondary N) is 1. The van der Waals surface area contributed by atoms with Crippen LogP contribution in [0.5, 0.6) is 0 Å². The molecule has 6 heteroatoms. The Balaban J connectivity index is 1.96. The van der Waals surface area contributed by atoms with Crippen molar-refractivity contribution in [3.05, 3.63) is 28.8 Å². The summed E-state index contributed by atoms with van der Waals surface area (Å²) in [7, 11) is 3.86. The molecule has 0 radical (unpaired) electrons. The predicted octanol–water partition coefficient (Wildman–Crippen LogP) is 2.21. The third-order valence-electron chi connectivity index (χ3n) is 2.51. The molecule has 5 nitrogen and oxygen atoms in total. The third-order valence-corrected chi connectivity index (χ3v) is 3.51. The van der Waals surface area contributed by atoms with E-state index in [9.17, 15) is 0 Å². The highest BCUT2D eigenvalue weighted by molar-refractivity contribution is 7.09. The minimum Gasteiger partial charge on any atom is -0.369 e. The van der Waals surface area contributed by atoms with E-state index in [1.165, 1.54) is 0 Å². The Kier molecular flexibility index (Phi) is 4.09. The van der Waals surface area contributed by atoms with Crippen LogP contribution in [-0.4, -0.2) is 35.6 Å². The Morgan fingerprint density at radius 2 is 2.17 bits per heavy atom. The smallest absolute Gasteiger partial charge is 0.226 e. The Morgan fingerprint density at radius 1 is 1.33 bits per heavy atom. The van der Waals surface area contributed by atoms with Gasteiger partial charge in [0, 0.05) is 44.3 Å². The summed E-state index contributed by atoms with van der Waals surface area (Å²) in [5.41, 5.74) is 0. The van der Waals surface area contributed by atoms with Crippen molar-refractivity contribution in [3.63, 3.8) is 0 Å². The van der Waals surface area contributed by atoms with E-state index in [1.54, 1.807) is 17.5 Å². The van der Waals surface area contributed by atoms with Crippen LogP contribution in [-0.2, 0) is 0 Å². The second-order valence-electron chi connectivity index (χ2n) is 4.29. The zero-order chi connectivity index (χ0) is 13.0. The van der Waals surface area contributed by atoms with E-state index in [4.69, 9.17) is 0 Å². The Morgan fingerprint density at radius 3 is 2.83 bits per heavy atom. The summed E-state index contributed by atoms with van der Waals surface area (Å²) in [5.74, 6) is 1.93. The number of anilines is 2. The second-order valence-corrected chi connectivity index (χ2v) is 5.21. The van der Waals surface area contributed by atoms with Crippen LogP contribution < -0.4 is 10.2 Å². The van der Waals surface area contributed by atoms with Crippen molar-refractivity contribution in [2.75, 3.05) is 30.9 Å². The van der Waals surface area contributed by atoms with Gasteiger partial charge in [0.05, 0.1) is 5.01 Å². The van der Waals surface area contributed by atoms with Gasteiger partial charge in [0.1, 0.15) is 5.82 Å².